The molecule has 0 heterocycles. The number of ether oxygens (including phenoxy) is 1. The fraction of sp³-hybridized carbons (Fsp3) is 0.458. The molecule has 1 N–H and O–H groups in total. The van der Waals surface area contributed by atoms with Crippen molar-refractivity contribution in [2.45, 2.75) is 59.0 Å². The van der Waals surface area contributed by atoms with Gasteiger partial charge in [-0.25, -0.2) is 8.42 Å². The number of methoxy groups -OCH3 is 1. The van der Waals surface area contributed by atoms with Gasteiger partial charge in [-0.3, -0.25) is 9.10 Å². The molecule has 0 radical (unpaired) electrons. The van der Waals surface area contributed by atoms with Crippen molar-refractivity contribution < 1.29 is 17.9 Å². The molecule has 176 valence electrons. The van der Waals surface area contributed by atoms with Crippen molar-refractivity contribution in [1.82, 2.24) is 5.32 Å². The van der Waals surface area contributed by atoms with Crippen LogP contribution in [-0.2, 0) is 14.8 Å². The Morgan fingerprint density at radius 2 is 1.81 bits per heavy atom. The molecule has 0 aliphatic carbocycles. The Kier molecular flexibility index (Phi) is 8.60. The molecule has 8 heteroatoms. The number of anilines is 1. The van der Waals surface area contributed by atoms with Crippen LogP contribution in [-0.4, -0.2) is 33.7 Å². The Hall–Kier alpha value is -2.25. The molecule has 0 aromatic heterocycles. The van der Waals surface area contributed by atoms with E-state index in [1.54, 1.807) is 38.3 Å². The van der Waals surface area contributed by atoms with E-state index < -0.39 is 16.1 Å². The molecule has 0 aliphatic rings. The minimum absolute atomic E-state index is 0.249. The van der Waals surface area contributed by atoms with E-state index >= 15 is 0 Å². The van der Waals surface area contributed by atoms with Crippen molar-refractivity contribution in [3.05, 3.63) is 58.1 Å². The molecule has 0 fully saturated rings. The summed E-state index contributed by atoms with van der Waals surface area (Å²) in [5, 5.41) is 3.41. The van der Waals surface area contributed by atoms with Crippen LogP contribution in [0.4, 0.5) is 5.69 Å². The number of sulfonamides is 1. The van der Waals surface area contributed by atoms with E-state index in [1.807, 2.05) is 19.9 Å². The predicted molar refractivity (Wildman–Crippen MR) is 131 cm³/mol. The van der Waals surface area contributed by atoms with Gasteiger partial charge in [0.1, 0.15) is 11.8 Å². The third kappa shape index (κ3) is 5.95. The maximum Gasteiger partial charge on any atom is 0.244 e. The molecule has 2 aromatic carbocycles. The molecule has 2 unspecified atom stereocenters. The number of rotatable bonds is 9. The summed E-state index contributed by atoms with van der Waals surface area (Å²) in [5.41, 5.74) is 3.36. The van der Waals surface area contributed by atoms with Crippen LogP contribution in [0.1, 0.15) is 62.8 Å². The molecule has 1 amide bonds. The highest BCUT2D eigenvalue weighted by Gasteiger charge is 2.32. The fourth-order valence-electron chi connectivity index (χ4n) is 3.87. The van der Waals surface area contributed by atoms with E-state index in [9.17, 15) is 13.2 Å². The minimum Gasteiger partial charge on any atom is -0.496 e. The van der Waals surface area contributed by atoms with Gasteiger partial charge >= 0.3 is 0 Å². The number of amides is 1. The maximum absolute atomic E-state index is 13.3. The molecule has 0 saturated carbocycles. The van der Waals surface area contributed by atoms with Crippen LogP contribution in [0.5, 0.6) is 5.75 Å². The first-order chi connectivity index (χ1) is 14.9. The second-order valence-electron chi connectivity index (χ2n) is 8.30. The number of hydrogen-bond donors (Lipinski definition) is 1. The summed E-state index contributed by atoms with van der Waals surface area (Å²) in [4.78, 5) is 13.3. The van der Waals surface area contributed by atoms with Crippen molar-refractivity contribution in [3.8, 4) is 5.75 Å². The lowest BCUT2D eigenvalue weighted by Gasteiger charge is -2.31. The zero-order valence-electron chi connectivity index (χ0n) is 19.8. The molecule has 2 rings (SSSR count). The molecule has 0 spiro atoms. The normalized spacial score (nSPS) is 13.5. The lowest BCUT2D eigenvalue weighted by Crippen LogP contribution is -2.49. The predicted octanol–water partition coefficient (Wildman–Crippen LogP) is 5.20. The minimum atomic E-state index is -3.73. The van der Waals surface area contributed by atoms with Gasteiger partial charge in [0.2, 0.25) is 15.9 Å². The number of benzene rings is 2. The highest BCUT2D eigenvalue weighted by atomic mass is 35.5. The third-order valence-corrected chi connectivity index (χ3v) is 6.87. The summed E-state index contributed by atoms with van der Waals surface area (Å²) < 4.78 is 31.9. The number of aryl methyl sites for hydroxylation is 1. The largest absolute Gasteiger partial charge is 0.496 e. The van der Waals surface area contributed by atoms with E-state index in [2.05, 4.69) is 25.2 Å². The summed E-state index contributed by atoms with van der Waals surface area (Å²) in [6, 6.07) is 9.30. The average Bonchev–Trinajstić information content (AvgIpc) is 2.69. The SMILES string of the molecule is CCC(C(=O)NC(C)c1cc(C(C)C)c(OC)cc1C)N(c1cccc(Cl)c1)S(C)(=O)=O. The number of nitrogens with one attached hydrogen (secondary N) is 1. The van der Waals surface area contributed by atoms with E-state index in [4.69, 9.17) is 16.3 Å². The lowest BCUT2D eigenvalue weighted by molar-refractivity contribution is -0.122. The van der Waals surface area contributed by atoms with Gasteiger partial charge in [0, 0.05) is 5.02 Å². The van der Waals surface area contributed by atoms with Crippen molar-refractivity contribution in [1.29, 1.82) is 0 Å². The molecule has 0 saturated heterocycles. The van der Waals surface area contributed by atoms with Crippen molar-refractivity contribution in [2.75, 3.05) is 17.7 Å². The van der Waals surface area contributed by atoms with Crippen molar-refractivity contribution in [2.24, 2.45) is 0 Å². The summed E-state index contributed by atoms with van der Waals surface area (Å²) >= 11 is 6.08. The monoisotopic (exact) mass is 480 g/mol. The number of carbonyl (C=O) groups is 1. The van der Waals surface area contributed by atoms with Crippen molar-refractivity contribution in [3.63, 3.8) is 0 Å². The molecule has 0 bridgehead atoms. The van der Waals surface area contributed by atoms with E-state index in [0.717, 1.165) is 33.0 Å². The lowest BCUT2D eigenvalue weighted by atomic mass is 9.93. The Bertz CT molecular complexity index is 1070. The van der Waals surface area contributed by atoms with Gasteiger partial charge < -0.3 is 10.1 Å². The van der Waals surface area contributed by atoms with Crippen LogP contribution in [0.15, 0.2) is 36.4 Å². The summed E-state index contributed by atoms with van der Waals surface area (Å²) in [6.07, 6.45) is 1.40. The second kappa shape index (κ2) is 10.6. The standard InChI is InChI=1S/C24H33ClN2O4S/c1-8-22(27(32(7,29)30)19-11-9-10-18(25)13-19)24(28)26-17(5)21-14-20(15(2)3)23(31-6)12-16(21)4/h9-15,17,22H,8H2,1-7H3,(H,26,28). The van der Waals surface area contributed by atoms with Crippen LogP contribution in [0.3, 0.4) is 0 Å². The first-order valence-electron chi connectivity index (χ1n) is 10.6. The van der Waals surface area contributed by atoms with Crippen LogP contribution in [0.2, 0.25) is 5.02 Å². The molecule has 2 aromatic rings. The Balaban J connectivity index is 2.39. The van der Waals surface area contributed by atoms with Crippen LogP contribution < -0.4 is 14.4 Å². The molecule has 6 nitrogen and oxygen atoms in total. The topological polar surface area (TPSA) is 75.7 Å². The van der Waals surface area contributed by atoms with E-state index in [1.165, 1.54) is 0 Å². The quantitative estimate of drug-likeness (QED) is 0.535. The second-order valence-corrected chi connectivity index (χ2v) is 10.6. The van der Waals surface area contributed by atoms with Gasteiger partial charge in [0.05, 0.1) is 25.1 Å². The first kappa shape index (κ1) is 26.0. The summed E-state index contributed by atoms with van der Waals surface area (Å²) in [6.45, 7) is 9.82. The Morgan fingerprint density at radius 1 is 1.16 bits per heavy atom. The number of hydrogen-bond acceptors (Lipinski definition) is 4. The van der Waals surface area contributed by atoms with Gasteiger partial charge in [-0.15, -0.1) is 0 Å². The van der Waals surface area contributed by atoms with Crippen molar-refractivity contribution >= 4 is 33.2 Å². The molecule has 2 atom stereocenters. The highest BCUT2D eigenvalue weighted by molar-refractivity contribution is 7.92. The van der Waals surface area contributed by atoms with Crippen LogP contribution in [0, 0.1) is 6.92 Å². The Morgan fingerprint density at radius 3 is 2.31 bits per heavy atom. The van der Waals surface area contributed by atoms with Gasteiger partial charge in [0.25, 0.3) is 0 Å². The highest BCUT2D eigenvalue weighted by Crippen LogP contribution is 2.32. The van der Waals surface area contributed by atoms with E-state index in [-0.39, 0.29) is 17.9 Å². The van der Waals surface area contributed by atoms with Crippen LogP contribution >= 0.6 is 11.6 Å². The average molecular weight is 481 g/mol. The van der Waals surface area contributed by atoms with Gasteiger partial charge in [-0.1, -0.05) is 38.4 Å². The molecular weight excluding hydrogens is 448 g/mol. The zero-order valence-corrected chi connectivity index (χ0v) is 21.3. The molecule has 0 aliphatic heterocycles. The van der Waals surface area contributed by atoms with Gasteiger partial charge in [-0.2, -0.15) is 0 Å². The zero-order chi connectivity index (χ0) is 24.2. The smallest absolute Gasteiger partial charge is 0.244 e. The first-order valence-corrected chi connectivity index (χ1v) is 12.9. The third-order valence-electron chi connectivity index (χ3n) is 5.46. The molecular formula is C24H33ClN2O4S. The number of halogens is 1. The van der Waals surface area contributed by atoms with Crippen LogP contribution in [0.25, 0.3) is 0 Å². The fourth-order valence-corrected chi connectivity index (χ4v) is 5.26. The maximum atomic E-state index is 13.3. The van der Waals surface area contributed by atoms with E-state index in [0.29, 0.717) is 17.1 Å². The number of carbonyl (C=O) groups excluding carboxylic acids is 1. The van der Waals surface area contributed by atoms with Gasteiger partial charge in [0.15, 0.2) is 0 Å². The van der Waals surface area contributed by atoms with Gasteiger partial charge in [-0.05, 0) is 73.2 Å². The summed E-state index contributed by atoms with van der Waals surface area (Å²) in [5.74, 6) is 0.696. The Labute approximate surface area is 197 Å². The molecule has 32 heavy (non-hydrogen) atoms. The summed E-state index contributed by atoms with van der Waals surface area (Å²) in [7, 11) is -2.08. The number of nitrogens with zero attached hydrogens (tertiary/aromatic N) is 1.